The second-order valence-corrected chi connectivity index (χ2v) is 8.29. The Morgan fingerprint density at radius 2 is 1.97 bits per heavy atom. The van der Waals surface area contributed by atoms with Crippen LogP contribution in [-0.4, -0.2) is 28.2 Å². The Kier molecular flexibility index (Phi) is 6.06. The van der Waals surface area contributed by atoms with E-state index in [1.165, 1.54) is 0 Å². The zero-order valence-electron chi connectivity index (χ0n) is 16.7. The van der Waals surface area contributed by atoms with Crippen LogP contribution in [0.25, 0.3) is 10.9 Å². The molecule has 0 N–H and O–H groups in total. The fraction of sp³-hybridized carbons (Fsp3) is 0.261. The molecule has 1 amide bonds. The number of nitrogens with zero attached hydrogens (tertiary/aromatic N) is 3. The summed E-state index contributed by atoms with van der Waals surface area (Å²) < 4.78 is 6.56. The Balaban J connectivity index is 1.73. The molecule has 154 valence electrons. The monoisotopic (exact) mass is 485 g/mol. The number of hydrogen-bond acceptors (Lipinski definition) is 4. The molecule has 0 radical (unpaired) electrons. The lowest BCUT2D eigenvalue weighted by molar-refractivity contribution is -0.132. The van der Waals surface area contributed by atoms with Gasteiger partial charge in [-0.05, 0) is 42.8 Å². The Morgan fingerprint density at radius 1 is 1.20 bits per heavy atom. The summed E-state index contributed by atoms with van der Waals surface area (Å²) >= 11 is 10.1. The highest BCUT2D eigenvalue weighted by Gasteiger charge is 2.34. The number of hydrazone groups is 1. The molecule has 1 aliphatic heterocycles. The predicted octanol–water partition coefficient (Wildman–Crippen LogP) is 6.14. The van der Waals surface area contributed by atoms with Gasteiger partial charge in [0.2, 0.25) is 5.91 Å². The third-order valence-corrected chi connectivity index (χ3v) is 5.92. The van der Waals surface area contributed by atoms with E-state index in [1.54, 1.807) is 5.01 Å². The molecule has 0 bridgehead atoms. The second kappa shape index (κ2) is 8.74. The standard InChI is InChI=1S/C23H21BrClN3O2/c1-3-22(29)28-21(13-20(27-28)14-5-8-16(24)9-6-14)18-11-15-7-10-17(30-4-2)12-19(15)26-23(18)25/h5-12,21H,3-4,13H2,1-2H3. The highest BCUT2D eigenvalue weighted by atomic mass is 79.9. The number of pyridine rings is 1. The average Bonchev–Trinajstić information content (AvgIpc) is 3.18. The summed E-state index contributed by atoms with van der Waals surface area (Å²) in [6.45, 7) is 4.36. The maximum Gasteiger partial charge on any atom is 0.242 e. The molecule has 5 nitrogen and oxygen atoms in total. The molecule has 1 atom stereocenters. The number of carbonyl (C=O) groups is 1. The molecule has 1 aromatic heterocycles. The van der Waals surface area contributed by atoms with Gasteiger partial charge in [0.15, 0.2) is 0 Å². The van der Waals surface area contributed by atoms with Gasteiger partial charge in [0.1, 0.15) is 10.9 Å². The summed E-state index contributed by atoms with van der Waals surface area (Å²) in [7, 11) is 0. The van der Waals surface area contributed by atoms with Gasteiger partial charge in [-0.15, -0.1) is 0 Å². The SMILES string of the molecule is CCOc1ccc2cc(C3CC(c4ccc(Br)cc4)=NN3C(=O)CC)c(Cl)nc2c1. The summed E-state index contributed by atoms with van der Waals surface area (Å²) in [5.74, 6) is 0.709. The van der Waals surface area contributed by atoms with E-state index in [-0.39, 0.29) is 11.9 Å². The lowest BCUT2D eigenvalue weighted by atomic mass is 9.98. The van der Waals surface area contributed by atoms with E-state index in [1.807, 2.05) is 62.4 Å². The van der Waals surface area contributed by atoms with Crippen molar-refractivity contribution in [3.05, 3.63) is 69.3 Å². The molecule has 0 spiro atoms. The fourth-order valence-electron chi connectivity index (χ4n) is 3.59. The molecule has 0 aliphatic carbocycles. The lowest BCUT2D eigenvalue weighted by Crippen LogP contribution is -2.26. The quantitative estimate of drug-likeness (QED) is 0.407. The third-order valence-electron chi connectivity index (χ3n) is 5.09. The zero-order valence-corrected chi connectivity index (χ0v) is 19.1. The molecule has 7 heteroatoms. The highest BCUT2D eigenvalue weighted by Crippen LogP contribution is 2.38. The van der Waals surface area contributed by atoms with Gasteiger partial charge in [-0.3, -0.25) is 4.79 Å². The van der Waals surface area contributed by atoms with Crippen molar-refractivity contribution in [2.24, 2.45) is 5.10 Å². The van der Waals surface area contributed by atoms with Gasteiger partial charge < -0.3 is 4.74 Å². The van der Waals surface area contributed by atoms with Crippen LogP contribution in [0.15, 0.2) is 58.1 Å². The van der Waals surface area contributed by atoms with E-state index in [4.69, 9.17) is 16.3 Å². The molecule has 2 aromatic carbocycles. The molecule has 1 aliphatic rings. The number of hydrogen-bond donors (Lipinski definition) is 0. The maximum absolute atomic E-state index is 12.7. The molecule has 0 saturated heterocycles. The van der Waals surface area contributed by atoms with Crippen LogP contribution in [0.4, 0.5) is 0 Å². The van der Waals surface area contributed by atoms with E-state index in [2.05, 4.69) is 26.0 Å². The Labute approximate surface area is 188 Å². The number of benzene rings is 2. The van der Waals surface area contributed by atoms with E-state index in [0.29, 0.717) is 24.6 Å². The van der Waals surface area contributed by atoms with Gasteiger partial charge in [-0.1, -0.05) is 46.6 Å². The predicted molar refractivity (Wildman–Crippen MR) is 123 cm³/mol. The summed E-state index contributed by atoms with van der Waals surface area (Å²) in [6, 6.07) is 15.4. The molecule has 3 aromatic rings. The molecular weight excluding hydrogens is 466 g/mol. The largest absolute Gasteiger partial charge is 0.494 e. The second-order valence-electron chi connectivity index (χ2n) is 7.02. The van der Waals surface area contributed by atoms with E-state index in [9.17, 15) is 4.79 Å². The van der Waals surface area contributed by atoms with E-state index >= 15 is 0 Å². The van der Waals surface area contributed by atoms with Crippen LogP contribution in [-0.2, 0) is 4.79 Å². The van der Waals surface area contributed by atoms with E-state index in [0.717, 1.165) is 38.0 Å². The van der Waals surface area contributed by atoms with Gasteiger partial charge in [-0.25, -0.2) is 9.99 Å². The summed E-state index contributed by atoms with van der Waals surface area (Å²) in [4.78, 5) is 17.2. The van der Waals surface area contributed by atoms with Gasteiger partial charge in [0.25, 0.3) is 0 Å². The smallest absolute Gasteiger partial charge is 0.242 e. The van der Waals surface area contributed by atoms with Crippen LogP contribution in [0.3, 0.4) is 0 Å². The average molecular weight is 487 g/mol. The minimum atomic E-state index is -0.285. The maximum atomic E-state index is 12.7. The Bertz CT molecular complexity index is 1130. The summed E-state index contributed by atoms with van der Waals surface area (Å²) in [5, 5.41) is 7.53. The highest BCUT2D eigenvalue weighted by molar-refractivity contribution is 9.10. The first-order chi connectivity index (χ1) is 14.5. The van der Waals surface area contributed by atoms with Crippen molar-refractivity contribution in [2.75, 3.05) is 6.61 Å². The van der Waals surface area contributed by atoms with Crippen molar-refractivity contribution in [1.82, 2.24) is 9.99 Å². The van der Waals surface area contributed by atoms with Crippen LogP contribution >= 0.6 is 27.5 Å². The van der Waals surface area contributed by atoms with Gasteiger partial charge in [0, 0.05) is 34.3 Å². The third kappa shape index (κ3) is 4.07. The minimum absolute atomic E-state index is 0.0463. The number of fused-ring (bicyclic) bond motifs is 1. The summed E-state index contributed by atoms with van der Waals surface area (Å²) in [5.41, 5.74) is 3.40. The molecule has 0 fully saturated rings. The Morgan fingerprint density at radius 3 is 2.67 bits per heavy atom. The van der Waals surface area contributed by atoms with Gasteiger partial charge >= 0.3 is 0 Å². The number of aromatic nitrogens is 1. The van der Waals surface area contributed by atoms with Crippen LogP contribution in [0.2, 0.25) is 5.15 Å². The number of amides is 1. The normalized spacial score (nSPS) is 16.1. The first kappa shape index (κ1) is 20.8. The van der Waals surface area contributed by atoms with Crippen molar-refractivity contribution in [3.8, 4) is 5.75 Å². The van der Waals surface area contributed by atoms with Crippen LogP contribution < -0.4 is 4.74 Å². The summed E-state index contributed by atoms with van der Waals surface area (Å²) in [6.07, 6.45) is 0.946. The van der Waals surface area contributed by atoms with Crippen molar-refractivity contribution in [1.29, 1.82) is 0 Å². The molecule has 2 heterocycles. The van der Waals surface area contributed by atoms with Gasteiger partial charge in [0.05, 0.1) is 23.9 Å². The Hall–Kier alpha value is -2.44. The molecular formula is C23H21BrClN3O2. The topological polar surface area (TPSA) is 54.8 Å². The van der Waals surface area contributed by atoms with Crippen molar-refractivity contribution < 1.29 is 9.53 Å². The zero-order chi connectivity index (χ0) is 21.3. The van der Waals surface area contributed by atoms with Crippen LogP contribution in [0.1, 0.15) is 43.9 Å². The van der Waals surface area contributed by atoms with Crippen molar-refractivity contribution in [3.63, 3.8) is 0 Å². The molecule has 0 saturated carbocycles. The first-order valence-corrected chi connectivity index (χ1v) is 11.1. The van der Waals surface area contributed by atoms with Crippen LogP contribution in [0, 0.1) is 0 Å². The number of rotatable bonds is 5. The number of ether oxygens (including phenoxy) is 1. The van der Waals surface area contributed by atoms with Crippen molar-refractivity contribution in [2.45, 2.75) is 32.7 Å². The fourth-order valence-corrected chi connectivity index (χ4v) is 4.13. The van der Waals surface area contributed by atoms with Crippen molar-refractivity contribution >= 4 is 50.1 Å². The number of carbonyl (C=O) groups excluding carboxylic acids is 1. The number of halogens is 2. The lowest BCUT2D eigenvalue weighted by Gasteiger charge is -2.22. The molecule has 30 heavy (non-hydrogen) atoms. The molecule has 4 rings (SSSR count). The van der Waals surface area contributed by atoms with Gasteiger partial charge in [-0.2, -0.15) is 5.10 Å². The first-order valence-electron chi connectivity index (χ1n) is 9.88. The minimum Gasteiger partial charge on any atom is -0.494 e. The van der Waals surface area contributed by atoms with Crippen LogP contribution in [0.5, 0.6) is 5.75 Å². The van der Waals surface area contributed by atoms with E-state index < -0.39 is 0 Å². The molecule has 1 unspecified atom stereocenters.